The van der Waals surface area contributed by atoms with Crippen LogP contribution in [-0.2, 0) is 12.8 Å². The summed E-state index contributed by atoms with van der Waals surface area (Å²) >= 11 is 0. The van der Waals surface area contributed by atoms with Crippen molar-refractivity contribution in [3.63, 3.8) is 0 Å². The highest BCUT2D eigenvalue weighted by Crippen LogP contribution is 2.36. The largest absolute Gasteiger partial charge is 0.369 e. The molecule has 2 N–H and O–H groups in total. The number of hydrogen-bond acceptors (Lipinski definition) is 2. The van der Waals surface area contributed by atoms with Gasteiger partial charge in [0.2, 0.25) is 5.96 Å². The Hall–Kier alpha value is -3.40. The fourth-order valence-electron chi connectivity index (χ4n) is 3.99. The molecule has 5 rings (SSSR count). The number of aromatic nitrogens is 1. The van der Waals surface area contributed by atoms with Gasteiger partial charge < -0.3 is 10.6 Å². The highest BCUT2D eigenvalue weighted by atomic mass is 15.2. The Morgan fingerprint density at radius 3 is 2.74 bits per heavy atom. The lowest BCUT2D eigenvalue weighted by molar-refractivity contribution is 1.02. The topological polar surface area (TPSA) is 54.5 Å². The fourth-order valence-corrected chi connectivity index (χ4v) is 3.99. The van der Waals surface area contributed by atoms with Gasteiger partial charge in [-0.3, -0.25) is 4.98 Å². The van der Waals surface area contributed by atoms with Crippen LogP contribution in [0.15, 0.2) is 71.9 Å². The van der Waals surface area contributed by atoms with Crippen molar-refractivity contribution in [3.8, 4) is 0 Å². The monoisotopic (exact) mass is 352 g/mol. The van der Waals surface area contributed by atoms with E-state index in [-0.39, 0.29) is 0 Å². The van der Waals surface area contributed by atoms with Crippen molar-refractivity contribution >= 4 is 39.0 Å². The Kier molecular flexibility index (Phi) is 3.57. The van der Waals surface area contributed by atoms with E-state index in [2.05, 4.69) is 40.3 Å². The predicted molar refractivity (Wildman–Crippen MR) is 113 cm³/mol. The maximum absolute atomic E-state index is 6.37. The molecule has 0 fully saturated rings. The van der Waals surface area contributed by atoms with Gasteiger partial charge in [0, 0.05) is 24.0 Å². The zero-order valence-corrected chi connectivity index (χ0v) is 15.2. The van der Waals surface area contributed by atoms with E-state index >= 15 is 0 Å². The molecule has 0 saturated heterocycles. The van der Waals surface area contributed by atoms with Gasteiger partial charge in [-0.25, -0.2) is 4.99 Å². The Labute approximate surface area is 158 Å². The van der Waals surface area contributed by atoms with E-state index in [1.165, 1.54) is 21.9 Å². The maximum Gasteiger partial charge on any atom is 0.200 e. The molecule has 0 aliphatic heterocycles. The predicted octanol–water partition coefficient (Wildman–Crippen LogP) is 4.57. The average Bonchev–Trinajstić information content (AvgIpc) is 3.13. The summed E-state index contributed by atoms with van der Waals surface area (Å²) in [6, 6.07) is 20.8. The van der Waals surface area contributed by atoms with Gasteiger partial charge in [-0.2, -0.15) is 0 Å². The molecular formula is C23H20N4. The molecule has 4 aromatic rings. The normalized spacial score (nSPS) is 13.4. The first kappa shape index (κ1) is 15.8. The third-order valence-electron chi connectivity index (χ3n) is 5.39. The van der Waals surface area contributed by atoms with E-state index in [0.29, 0.717) is 5.96 Å². The smallest absolute Gasteiger partial charge is 0.200 e. The Morgan fingerprint density at radius 1 is 1.00 bits per heavy atom. The van der Waals surface area contributed by atoms with Crippen molar-refractivity contribution in [1.29, 1.82) is 0 Å². The second-order valence-corrected chi connectivity index (χ2v) is 6.99. The first-order chi connectivity index (χ1) is 13.2. The number of rotatable bonds is 2. The Morgan fingerprint density at radius 2 is 1.85 bits per heavy atom. The number of pyridine rings is 1. The minimum absolute atomic E-state index is 0.469. The molecule has 0 spiro atoms. The molecular weight excluding hydrogens is 332 g/mol. The molecule has 1 aliphatic rings. The summed E-state index contributed by atoms with van der Waals surface area (Å²) in [5.74, 6) is 0.469. The van der Waals surface area contributed by atoms with E-state index in [0.717, 1.165) is 35.1 Å². The fraction of sp³-hybridized carbons (Fsp3) is 0.130. The van der Waals surface area contributed by atoms with Gasteiger partial charge in [0.1, 0.15) is 0 Å². The van der Waals surface area contributed by atoms with Crippen LogP contribution in [0.4, 0.5) is 11.4 Å². The number of aryl methyl sites for hydroxylation is 2. The summed E-state index contributed by atoms with van der Waals surface area (Å²) in [6.45, 7) is 0. The number of nitrogens with zero attached hydrogens (tertiary/aromatic N) is 3. The van der Waals surface area contributed by atoms with Crippen molar-refractivity contribution in [2.45, 2.75) is 12.8 Å². The van der Waals surface area contributed by atoms with Crippen molar-refractivity contribution in [3.05, 3.63) is 78.0 Å². The zero-order valence-electron chi connectivity index (χ0n) is 15.2. The van der Waals surface area contributed by atoms with Gasteiger partial charge in [-0.1, -0.05) is 30.3 Å². The standard InChI is InChI=1S/C23H20N4/c1-27(21-12-9-16-8-7-15-4-2-6-19(21)22(15)16)23(24)26-18-10-11-20-17(14-18)5-3-13-25-20/h2-6,9-14H,7-8H2,1H3,(H2,24,26). The second kappa shape index (κ2) is 6.09. The van der Waals surface area contributed by atoms with Crippen LogP contribution in [0.1, 0.15) is 11.1 Å². The first-order valence-corrected chi connectivity index (χ1v) is 9.17. The summed E-state index contributed by atoms with van der Waals surface area (Å²) in [7, 11) is 1.97. The molecule has 4 heteroatoms. The van der Waals surface area contributed by atoms with Gasteiger partial charge in [-0.05, 0) is 59.7 Å². The second-order valence-electron chi connectivity index (χ2n) is 6.99. The first-order valence-electron chi connectivity index (χ1n) is 9.17. The third kappa shape index (κ3) is 2.61. The number of hydrogen-bond donors (Lipinski definition) is 1. The maximum atomic E-state index is 6.37. The molecule has 1 aromatic heterocycles. The van der Waals surface area contributed by atoms with Crippen molar-refractivity contribution in [1.82, 2.24) is 4.98 Å². The summed E-state index contributed by atoms with van der Waals surface area (Å²) in [5.41, 5.74) is 12.1. The van der Waals surface area contributed by atoms with Crippen molar-refractivity contribution < 1.29 is 0 Å². The lowest BCUT2D eigenvalue weighted by atomic mass is 10.0. The molecule has 4 nitrogen and oxygen atoms in total. The summed E-state index contributed by atoms with van der Waals surface area (Å²) < 4.78 is 0. The van der Waals surface area contributed by atoms with Crippen LogP contribution in [0.3, 0.4) is 0 Å². The van der Waals surface area contributed by atoms with Gasteiger partial charge in [-0.15, -0.1) is 0 Å². The van der Waals surface area contributed by atoms with E-state index in [1.54, 1.807) is 6.20 Å². The number of anilines is 1. The highest BCUT2D eigenvalue weighted by molar-refractivity contribution is 6.07. The minimum Gasteiger partial charge on any atom is -0.369 e. The van der Waals surface area contributed by atoms with Crippen molar-refractivity contribution in [2.75, 3.05) is 11.9 Å². The Bertz CT molecular complexity index is 1200. The van der Waals surface area contributed by atoms with E-state index < -0.39 is 0 Å². The lowest BCUT2D eigenvalue weighted by Crippen LogP contribution is -2.33. The van der Waals surface area contributed by atoms with E-state index in [9.17, 15) is 0 Å². The van der Waals surface area contributed by atoms with Crippen molar-refractivity contribution in [2.24, 2.45) is 10.7 Å². The van der Waals surface area contributed by atoms with Crippen LogP contribution in [0.5, 0.6) is 0 Å². The molecule has 1 heterocycles. The van der Waals surface area contributed by atoms with Gasteiger partial charge in [0.05, 0.1) is 16.9 Å². The SMILES string of the molecule is CN(C(N)=Nc1ccc2ncccc2c1)c1ccc2c3c(cccc13)CC2. The molecule has 0 saturated carbocycles. The van der Waals surface area contributed by atoms with Crippen LogP contribution < -0.4 is 10.6 Å². The third-order valence-corrected chi connectivity index (χ3v) is 5.39. The minimum atomic E-state index is 0.469. The quantitative estimate of drug-likeness (QED) is 0.425. The number of guanidine groups is 1. The van der Waals surface area contributed by atoms with Crippen LogP contribution >= 0.6 is 0 Å². The summed E-state index contributed by atoms with van der Waals surface area (Å²) in [4.78, 5) is 11.0. The molecule has 132 valence electrons. The molecule has 0 atom stereocenters. The van der Waals surface area contributed by atoms with E-state index in [1.807, 2.05) is 42.3 Å². The lowest BCUT2D eigenvalue weighted by Gasteiger charge is -2.21. The molecule has 0 bridgehead atoms. The number of benzene rings is 3. The van der Waals surface area contributed by atoms with Gasteiger partial charge >= 0.3 is 0 Å². The Balaban J connectivity index is 1.56. The zero-order chi connectivity index (χ0) is 18.4. The highest BCUT2D eigenvalue weighted by Gasteiger charge is 2.18. The molecule has 0 amide bonds. The number of nitrogens with two attached hydrogens (primary N) is 1. The summed E-state index contributed by atoms with van der Waals surface area (Å²) in [6.07, 6.45) is 4.03. The average molecular weight is 352 g/mol. The van der Waals surface area contributed by atoms with Crippen LogP contribution in [0.2, 0.25) is 0 Å². The van der Waals surface area contributed by atoms with Gasteiger partial charge in [0.25, 0.3) is 0 Å². The van der Waals surface area contributed by atoms with Crippen LogP contribution in [0, 0.1) is 0 Å². The molecule has 0 radical (unpaired) electrons. The molecule has 1 aliphatic carbocycles. The summed E-state index contributed by atoms with van der Waals surface area (Å²) in [5, 5.41) is 3.68. The van der Waals surface area contributed by atoms with Crippen LogP contribution in [-0.4, -0.2) is 18.0 Å². The molecule has 27 heavy (non-hydrogen) atoms. The molecule has 3 aromatic carbocycles. The number of fused-ring (bicyclic) bond motifs is 1. The van der Waals surface area contributed by atoms with Gasteiger partial charge in [0.15, 0.2) is 0 Å². The van der Waals surface area contributed by atoms with Crippen LogP contribution in [0.25, 0.3) is 21.7 Å². The number of aliphatic imine (C=N–C) groups is 1. The van der Waals surface area contributed by atoms with E-state index in [4.69, 9.17) is 5.73 Å². The molecule has 0 unspecified atom stereocenters.